The van der Waals surface area contributed by atoms with E-state index in [2.05, 4.69) is 34.3 Å². The van der Waals surface area contributed by atoms with Gasteiger partial charge in [0.25, 0.3) is 5.69 Å². The van der Waals surface area contributed by atoms with E-state index >= 15 is 0 Å². The summed E-state index contributed by atoms with van der Waals surface area (Å²) < 4.78 is 6.38. The lowest BCUT2D eigenvalue weighted by atomic mass is 9.98. The van der Waals surface area contributed by atoms with Gasteiger partial charge < -0.3 is 19.5 Å². The summed E-state index contributed by atoms with van der Waals surface area (Å²) in [5.74, 6) is 2.02. The van der Waals surface area contributed by atoms with Crippen LogP contribution in [0.1, 0.15) is 43.3 Å². The standard InChI is InChI=1S/C30H28ClN5O3S/c1-19-13-16-34(17-14-19)25-10-9-22(18-23(25)31)35-29(28(33-30(35)40)24-4-2-3-15-32-24)27-12-11-26(39-27)20-5-7-21(8-6-20)36(37)38/h2-12,15,18-19,28-29H,13-14,16-17H2,1H3,(H,33,40)/t28-,29-/m0/s1. The van der Waals surface area contributed by atoms with E-state index in [0.717, 1.165) is 54.5 Å². The number of nitrogens with zero attached hydrogens (tertiary/aromatic N) is 4. The number of non-ortho nitro benzene ring substituents is 1. The Labute approximate surface area is 242 Å². The molecule has 0 saturated carbocycles. The molecule has 2 aliphatic rings. The number of anilines is 2. The number of nitro groups is 1. The zero-order valence-corrected chi connectivity index (χ0v) is 23.4. The van der Waals surface area contributed by atoms with Crippen LogP contribution in [0.25, 0.3) is 11.3 Å². The summed E-state index contributed by atoms with van der Waals surface area (Å²) in [6.07, 6.45) is 4.07. The Morgan fingerprint density at radius 1 is 1.07 bits per heavy atom. The van der Waals surface area contributed by atoms with E-state index in [0.29, 0.717) is 21.7 Å². The zero-order chi connectivity index (χ0) is 27.8. The van der Waals surface area contributed by atoms with Crippen molar-refractivity contribution in [1.29, 1.82) is 0 Å². The van der Waals surface area contributed by atoms with Crippen molar-refractivity contribution >= 4 is 46.0 Å². The number of hydrogen-bond acceptors (Lipinski definition) is 6. The van der Waals surface area contributed by atoms with Crippen LogP contribution in [0.4, 0.5) is 17.1 Å². The summed E-state index contributed by atoms with van der Waals surface area (Å²) in [5.41, 5.74) is 3.49. The first-order valence-corrected chi connectivity index (χ1v) is 14.1. The fraction of sp³-hybridized carbons (Fsp3) is 0.267. The van der Waals surface area contributed by atoms with Crippen molar-refractivity contribution in [3.63, 3.8) is 0 Å². The Hall–Kier alpha value is -3.95. The maximum atomic E-state index is 11.1. The van der Waals surface area contributed by atoms with Crippen LogP contribution >= 0.6 is 23.8 Å². The molecule has 0 radical (unpaired) electrons. The summed E-state index contributed by atoms with van der Waals surface area (Å²) in [6.45, 7) is 4.28. The Balaban J connectivity index is 1.36. The third-order valence-electron chi connectivity index (χ3n) is 7.71. The molecule has 1 N–H and O–H groups in total. The first kappa shape index (κ1) is 26.3. The molecule has 0 aliphatic carbocycles. The van der Waals surface area contributed by atoms with Crippen molar-refractivity contribution in [1.82, 2.24) is 10.3 Å². The molecule has 2 saturated heterocycles. The van der Waals surface area contributed by atoms with Crippen molar-refractivity contribution in [2.75, 3.05) is 22.9 Å². The van der Waals surface area contributed by atoms with Crippen molar-refractivity contribution < 1.29 is 9.34 Å². The topological polar surface area (TPSA) is 87.7 Å². The van der Waals surface area contributed by atoms with Gasteiger partial charge in [-0.1, -0.05) is 24.6 Å². The molecule has 4 heterocycles. The lowest BCUT2D eigenvalue weighted by Crippen LogP contribution is -2.33. The third-order valence-corrected chi connectivity index (χ3v) is 8.33. The fourth-order valence-corrected chi connectivity index (χ4v) is 6.13. The number of hydrogen-bond donors (Lipinski definition) is 1. The highest BCUT2D eigenvalue weighted by atomic mass is 35.5. The van der Waals surface area contributed by atoms with Crippen molar-refractivity contribution in [3.8, 4) is 11.3 Å². The molecule has 0 bridgehead atoms. The van der Waals surface area contributed by atoms with Gasteiger partial charge >= 0.3 is 0 Å². The number of rotatable bonds is 6. The number of furan rings is 1. The van der Waals surface area contributed by atoms with Gasteiger partial charge in [-0.05, 0) is 85.6 Å². The van der Waals surface area contributed by atoms with E-state index in [4.69, 9.17) is 28.2 Å². The second-order valence-corrected chi connectivity index (χ2v) is 11.1. The number of nitrogens with one attached hydrogen (secondary N) is 1. The largest absolute Gasteiger partial charge is 0.459 e. The van der Waals surface area contributed by atoms with Gasteiger partial charge in [-0.2, -0.15) is 0 Å². The van der Waals surface area contributed by atoms with E-state index in [-0.39, 0.29) is 17.8 Å². The van der Waals surface area contributed by atoms with Crippen LogP contribution in [-0.2, 0) is 0 Å². The molecule has 2 atom stereocenters. The Morgan fingerprint density at radius 3 is 2.52 bits per heavy atom. The maximum Gasteiger partial charge on any atom is 0.269 e. The molecule has 0 unspecified atom stereocenters. The second kappa shape index (κ2) is 10.9. The van der Waals surface area contributed by atoms with Crippen LogP contribution < -0.4 is 15.1 Å². The zero-order valence-electron chi connectivity index (χ0n) is 21.9. The number of piperidine rings is 1. The minimum atomic E-state index is -0.417. The molecule has 204 valence electrons. The van der Waals surface area contributed by atoms with Crippen LogP contribution in [-0.4, -0.2) is 28.1 Å². The highest BCUT2D eigenvalue weighted by Crippen LogP contribution is 2.44. The van der Waals surface area contributed by atoms with E-state index in [1.807, 2.05) is 41.3 Å². The number of thiocarbonyl (C=S) groups is 1. The lowest BCUT2D eigenvalue weighted by Gasteiger charge is -2.33. The van der Waals surface area contributed by atoms with Gasteiger partial charge in [0.2, 0.25) is 0 Å². The molecule has 0 amide bonds. The molecule has 2 aliphatic heterocycles. The Morgan fingerprint density at radius 2 is 1.85 bits per heavy atom. The quantitative estimate of drug-likeness (QED) is 0.146. The van der Waals surface area contributed by atoms with Crippen LogP contribution in [0.15, 0.2) is 83.4 Å². The monoisotopic (exact) mass is 573 g/mol. The third kappa shape index (κ3) is 5.02. The Bertz CT molecular complexity index is 1540. The molecule has 0 spiro atoms. The number of nitro benzene ring substituents is 1. The molecule has 40 heavy (non-hydrogen) atoms. The van der Waals surface area contributed by atoms with Gasteiger partial charge in [0.05, 0.1) is 27.4 Å². The van der Waals surface area contributed by atoms with E-state index < -0.39 is 4.92 Å². The van der Waals surface area contributed by atoms with Crippen LogP contribution in [0.5, 0.6) is 0 Å². The molecule has 2 aromatic heterocycles. The molecule has 4 aromatic rings. The maximum absolute atomic E-state index is 11.1. The summed E-state index contributed by atoms with van der Waals surface area (Å²) in [7, 11) is 0. The SMILES string of the molecule is CC1CCN(c2ccc(N3C(=S)N[C@@H](c4ccccn4)[C@@H]3c3ccc(-c4ccc([N+](=O)[O-])cc4)o3)cc2Cl)CC1. The highest BCUT2D eigenvalue weighted by Gasteiger charge is 2.43. The fourth-order valence-electron chi connectivity index (χ4n) is 5.49. The van der Waals surface area contributed by atoms with Crippen LogP contribution in [0.2, 0.25) is 5.02 Å². The van der Waals surface area contributed by atoms with Gasteiger partial charge in [0, 0.05) is 42.7 Å². The van der Waals surface area contributed by atoms with Gasteiger partial charge in [0.15, 0.2) is 5.11 Å². The highest BCUT2D eigenvalue weighted by molar-refractivity contribution is 7.80. The summed E-state index contributed by atoms with van der Waals surface area (Å²) in [5, 5.41) is 15.8. The van der Waals surface area contributed by atoms with Crippen LogP contribution in [0.3, 0.4) is 0 Å². The molecule has 10 heteroatoms. The first-order chi connectivity index (χ1) is 19.4. The smallest absolute Gasteiger partial charge is 0.269 e. The van der Waals surface area contributed by atoms with Crippen molar-refractivity contribution in [2.45, 2.75) is 31.8 Å². The van der Waals surface area contributed by atoms with Crippen molar-refractivity contribution in [2.24, 2.45) is 5.92 Å². The number of benzene rings is 2. The molecular formula is C30H28ClN5O3S. The summed E-state index contributed by atoms with van der Waals surface area (Å²) in [4.78, 5) is 19.7. The number of aromatic nitrogens is 1. The predicted octanol–water partition coefficient (Wildman–Crippen LogP) is 7.32. The number of pyridine rings is 1. The molecule has 2 aromatic carbocycles. The molecule has 2 fully saturated rings. The molecule has 6 rings (SSSR count). The average Bonchev–Trinajstić information content (AvgIpc) is 3.59. The second-order valence-electron chi connectivity index (χ2n) is 10.3. The van der Waals surface area contributed by atoms with E-state index in [1.165, 1.54) is 12.1 Å². The Kier molecular flexibility index (Phi) is 7.16. The van der Waals surface area contributed by atoms with Gasteiger partial charge in [-0.3, -0.25) is 15.1 Å². The van der Waals surface area contributed by atoms with Crippen molar-refractivity contribution in [3.05, 3.63) is 106 Å². The van der Waals surface area contributed by atoms with Crippen LogP contribution in [0, 0.1) is 16.0 Å². The normalized spacial score (nSPS) is 19.6. The molecular weight excluding hydrogens is 546 g/mol. The average molecular weight is 574 g/mol. The predicted molar refractivity (Wildman–Crippen MR) is 161 cm³/mol. The minimum absolute atomic E-state index is 0.0293. The first-order valence-electron chi connectivity index (χ1n) is 13.3. The van der Waals surface area contributed by atoms with Gasteiger partial charge in [-0.15, -0.1) is 0 Å². The minimum Gasteiger partial charge on any atom is -0.459 e. The van der Waals surface area contributed by atoms with E-state index in [9.17, 15) is 10.1 Å². The lowest BCUT2D eigenvalue weighted by molar-refractivity contribution is -0.384. The summed E-state index contributed by atoms with van der Waals surface area (Å²) >= 11 is 12.7. The van der Waals surface area contributed by atoms with Gasteiger partial charge in [0.1, 0.15) is 17.6 Å². The summed E-state index contributed by atoms with van der Waals surface area (Å²) in [6, 6.07) is 21.4. The van der Waals surface area contributed by atoms with E-state index in [1.54, 1.807) is 18.3 Å². The van der Waals surface area contributed by atoms with Gasteiger partial charge in [-0.25, -0.2) is 0 Å². The molecule has 8 nitrogen and oxygen atoms in total. The number of halogens is 1.